The van der Waals surface area contributed by atoms with Gasteiger partial charge >= 0.3 is 5.91 Å². The summed E-state index contributed by atoms with van der Waals surface area (Å²) in [6.07, 6.45) is 2.24. The van der Waals surface area contributed by atoms with Crippen LogP contribution in [0.1, 0.15) is 11.6 Å². The number of benzene rings is 1. The van der Waals surface area contributed by atoms with Crippen LogP contribution in [0.5, 0.6) is 0 Å². The third kappa shape index (κ3) is 2.82. The summed E-state index contributed by atoms with van der Waals surface area (Å²) in [6.45, 7) is 0. The number of nitrogens with zero attached hydrogens (tertiary/aromatic N) is 2. The number of halogens is 2. The summed E-state index contributed by atoms with van der Waals surface area (Å²) in [6, 6.07) is 9.86. The van der Waals surface area contributed by atoms with Gasteiger partial charge in [-0.05, 0) is 29.8 Å². The first-order valence-corrected chi connectivity index (χ1v) is 8.20. The summed E-state index contributed by atoms with van der Waals surface area (Å²) < 4.78 is 1.61. The fraction of sp³-hybridized carbons (Fsp3) is 0.0625. The minimum Gasteiger partial charge on any atom is -0.515 e. The van der Waals surface area contributed by atoms with Crippen LogP contribution in [0.2, 0.25) is 0 Å². The van der Waals surface area contributed by atoms with Crippen molar-refractivity contribution >= 4 is 49.4 Å². The van der Waals surface area contributed by atoms with Crippen molar-refractivity contribution in [1.29, 1.82) is 0 Å². The Morgan fingerprint density at radius 1 is 1.09 bits per heavy atom. The largest absolute Gasteiger partial charge is 0.515 e. The molecule has 5 nitrogen and oxygen atoms in total. The maximum absolute atomic E-state index is 12.4. The molecule has 1 N–H and O–H groups in total. The molecule has 0 aliphatic carbocycles. The van der Waals surface area contributed by atoms with Crippen LogP contribution in [0.3, 0.4) is 0 Å². The summed E-state index contributed by atoms with van der Waals surface area (Å²) in [5.41, 5.74) is 0.730. The number of carbonyl (C=O) groups excluding carboxylic acids is 2. The minimum absolute atomic E-state index is 0.0269. The number of hydrogen-bond donors (Lipinski definition) is 1. The van der Waals surface area contributed by atoms with E-state index >= 15 is 0 Å². The highest BCUT2D eigenvalue weighted by Gasteiger charge is 2.45. The van der Waals surface area contributed by atoms with Crippen LogP contribution in [0.15, 0.2) is 63.4 Å². The first-order chi connectivity index (χ1) is 11.0. The number of aliphatic hydroxyl groups excluding tert-OH is 1. The topological polar surface area (TPSA) is 70.5 Å². The molecule has 2 aromatic rings. The second-order valence-corrected chi connectivity index (χ2v) is 6.71. The Kier molecular flexibility index (Phi) is 4.32. The average Bonchev–Trinajstić information content (AvgIpc) is 2.79. The molecule has 0 bridgehead atoms. The zero-order valence-corrected chi connectivity index (χ0v) is 14.8. The van der Waals surface area contributed by atoms with Crippen molar-refractivity contribution in [3.63, 3.8) is 0 Å². The third-order valence-electron chi connectivity index (χ3n) is 3.51. The molecule has 3 rings (SSSR count). The Balaban J connectivity index is 2.16. The number of aliphatic hydroxyl groups is 1. The van der Waals surface area contributed by atoms with Gasteiger partial charge in [0.2, 0.25) is 0 Å². The number of carbonyl (C=O) groups is 2. The van der Waals surface area contributed by atoms with E-state index < -0.39 is 17.7 Å². The normalized spacial score (nSPS) is 19.7. The number of aromatic nitrogens is 1. The van der Waals surface area contributed by atoms with Crippen LogP contribution in [-0.2, 0) is 9.59 Å². The molecular weight excluding hydrogens is 428 g/mol. The maximum Gasteiger partial charge on any atom is 0.301 e. The van der Waals surface area contributed by atoms with Gasteiger partial charge in [0.15, 0.2) is 0 Å². The van der Waals surface area contributed by atoms with Gasteiger partial charge < -0.3 is 5.11 Å². The van der Waals surface area contributed by atoms with Crippen LogP contribution in [0.4, 0.5) is 5.82 Å². The summed E-state index contributed by atoms with van der Waals surface area (Å²) in [4.78, 5) is 30.0. The summed E-state index contributed by atoms with van der Waals surface area (Å²) in [5, 5.41) is 9.46. The average molecular weight is 438 g/mol. The molecule has 1 atom stereocenters. The van der Waals surface area contributed by atoms with Crippen LogP contribution < -0.4 is 4.90 Å². The highest BCUT2D eigenvalue weighted by molar-refractivity contribution is 9.10. The first kappa shape index (κ1) is 15.9. The van der Waals surface area contributed by atoms with Gasteiger partial charge in [-0.2, -0.15) is 0 Å². The van der Waals surface area contributed by atoms with Crippen LogP contribution in [-0.4, -0.2) is 21.8 Å². The molecule has 1 aromatic heterocycles. The van der Waals surface area contributed by atoms with Crippen LogP contribution in [0, 0.1) is 0 Å². The number of amides is 1. The number of ketones is 1. The van der Waals surface area contributed by atoms with Crippen molar-refractivity contribution in [2.24, 2.45) is 0 Å². The zero-order chi connectivity index (χ0) is 16.6. The van der Waals surface area contributed by atoms with Crippen molar-refractivity contribution in [2.45, 2.75) is 6.04 Å². The van der Waals surface area contributed by atoms with Crippen molar-refractivity contribution in [3.8, 4) is 0 Å². The standard InChI is InChI=1S/C16H10Br2N2O3/c17-10-3-1-9(2-4-10)14-12(8-21)15(22)16(23)20(14)13-7-11(18)5-6-19-13/h1-8,14,21H. The van der Waals surface area contributed by atoms with Crippen molar-refractivity contribution in [1.82, 2.24) is 4.98 Å². The lowest BCUT2D eigenvalue weighted by Crippen LogP contribution is -2.30. The van der Waals surface area contributed by atoms with Crippen molar-refractivity contribution in [2.75, 3.05) is 4.90 Å². The summed E-state index contributed by atoms with van der Waals surface area (Å²) in [5.74, 6) is -1.12. The van der Waals surface area contributed by atoms with Gasteiger partial charge in [0.05, 0.1) is 17.9 Å². The molecule has 0 radical (unpaired) electrons. The number of hydrogen-bond acceptors (Lipinski definition) is 4. The fourth-order valence-corrected chi connectivity index (χ4v) is 3.07. The Hall–Kier alpha value is -1.99. The lowest BCUT2D eigenvalue weighted by molar-refractivity contribution is -0.132. The summed E-state index contributed by atoms with van der Waals surface area (Å²) >= 11 is 6.68. The number of rotatable bonds is 2. The van der Waals surface area contributed by atoms with Gasteiger partial charge in [-0.3, -0.25) is 14.5 Å². The fourth-order valence-electron chi connectivity index (χ4n) is 2.48. The van der Waals surface area contributed by atoms with Crippen molar-refractivity contribution in [3.05, 3.63) is 68.9 Å². The second-order valence-electron chi connectivity index (χ2n) is 4.88. The SMILES string of the molecule is O=C1C(=O)N(c2cc(Br)ccn2)C(c2ccc(Br)cc2)C1=CO. The first-order valence-electron chi connectivity index (χ1n) is 6.62. The molecule has 7 heteroatoms. The predicted octanol–water partition coefficient (Wildman–Crippen LogP) is 3.71. The third-order valence-corrected chi connectivity index (χ3v) is 4.53. The van der Waals surface area contributed by atoms with E-state index in [0.29, 0.717) is 17.6 Å². The molecule has 1 saturated heterocycles. The molecule has 1 aliphatic rings. The lowest BCUT2D eigenvalue weighted by Gasteiger charge is -2.23. The Bertz CT molecular complexity index is 818. The van der Waals surface area contributed by atoms with Crippen LogP contribution in [0.25, 0.3) is 0 Å². The van der Waals surface area contributed by atoms with Gasteiger partial charge in [-0.15, -0.1) is 0 Å². The smallest absolute Gasteiger partial charge is 0.301 e. The van der Waals surface area contributed by atoms with E-state index in [-0.39, 0.29) is 5.57 Å². The monoisotopic (exact) mass is 436 g/mol. The Morgan fingerprint density at radius 2 is 1.78 bits per heavy atom. The van der Waals surface area contributed by atoms with Gasteiger partial charge in [0, 0.05) is 15.1 Å². The van der Waals surface area contributed by atoms with E-state index in [4.69, 9.17) is 0 Å². The van der Waals surface area contributed by atoms with E-state index in [9.17, 15) is 14.7 Å². The minimum atomic E-state index is -0.734. The van der Waals surface area contributed by atoms with E-state index in [1.807, 2.05) is 12.1 Å². The van der Waals surface area contributed by atoms with E-state index in [0.717, 1.165) is 8.95 Å². The predicted molar refractivity (Wildman–Crippen MR) is 92.0 cm³/mol. The van der Waals surface area contributed by atoms with Gasteiger partial charge in [-0.1, -0.05) is 44.0 Å². The van der Waals surface area contributed by atoms with Crippen molar-refractivity contribution < 1.29 is 14.7 Å². The van der Waals surface area contributed by atoms with Gasteiger partial charge in [0.25, 0.3) is 5.78 Å². The quantitative estimate of drug-likeness (QED) is 0.441. The molecule has 23 heavy (non-hydrogen) atoms. The Morgan fingerprint density at radius 3 is 2.39 bits per heavy atom. The molecule has 0 saturated carbocycles. The molecule has 1 unspecified atom stereocenters. The number of anilines is 1. The molecular formula is C16H10Br2N2O3. The van der Waals surface area contributed by atoms with E-state index in [1.165, 1.54) is 11.1 Å². The molecule has 2 heterocycles. The Labute approximate surface area is 148 Å². The van der Waals surface area contributed by atoms with E-state index in [1.54, 1.807) is 24.3 Å². The van der Waals surface area contributed by atoms with E-state index in [2.05, 4.69) is 36.8 Å². The lowest BCUT2D eigenvalue weighted by atomic mass is 10.00. The molecule has 1 amide bonds. The molecule has 1 aromatic carbocycles. The second kappa shape index (κ2) is 6.25. The highest BCUT2D eigenvalue weighted by Crippen LogP contribution is 2.39. The van der Waals surface area contributed by atoms with Gasteiger partial charge in [0.1, 0.15) is 5.82 Å². The van der Waals surface area contributed by atoms with Crippen LogP contribution >= 0.6 is 31.9 Å². The van der Waals surface area contributed by atoms with Gasteiger partial charge in [-0.25, -0.2) is 4.98 Å². The molecule has 116 valence electrons. The molecule has 0 spiro atoms. The number of pyridine rings is 1. The zero-order valence-electron chi connectivity index (χ0n) is 11.6. The highest BCUT2D eigenvalue weighted by atomic mass is 79.9. The molecule has 1 aliphatic heterocycles. The number of Topliss-reactive ketones (excluding diaryl/α,β-unsaturated/α-hetero) is 1. The summed E-state index contributed by atoms with van der Waals surface area (Å²) in [7, 11) is 0. The maximum atomic E-state index is 12.4. The molecule has 1 fully saturated rings.